The Morgan fingerprint density at radius 3 is 2.50 bits per heavy atom. The van der Waals surface area contributed by atoms with Crippen LogP contribution in [0.15, 0.2) is 23.1 Å². The van der Waals surface area contributed by atoms with Crippen LogP contribution in [0, 0.1) is 0 Å². The van der Waals surface area contributed by atoms with E-state index in [2.05, 4.69) is 0 Å². The summed E-state index contributed by atoms with van der Waals surface area (Å²) >= 11 is 0. The maximum absolute atomic E-state index is 11.5. The third-order valence-corrected chi connectivity index (χ3v) is 3.20. The first-order valence-corrected chi connectivity index (χ1v) is 6.40. The SMILES string of the molecule is COc1ccc(S(C)(=O)=O)cc1C(=O)CN. The van der Waals surface area contributed by atoms with Crippen molar-refractivity contribution < 1.29 is 17.9 Å². The Bertz CT molecular complexity index is 508. The van der Waals surface area contributed by atoms with Gasteiger partial charge in [0.2, 0.25) is 0 Å². The number of ether oxygens (including phenoxy) is 1. The van der Waals surface area contributed by atoms with Crippen LogP contribution in [-0.4, -0.2) is 34.1 Å². The van der Waals surface area contributed by atoms with Gasteiger partial charge in [-0.1, -0.05) is 0 Å². The highest BCUT2D eigenvalue weighted by Crippen LogP contribution is 2.22. The van der Waals surface area contributed by atoms with Crippen molar-refractivity contribution >= 4 is 15.6 Å². The number of methoxy groups -OCH3 is 1. The number of hydrogen-bond acceptors (Lipinski definition) is 5. The van der Waals surface area contributed by atoms with Crippen LogP contribution in [0.3, 0.4) is 0 Å². The number of Topliss-reactive ketones (excluding diaryl/α,β-unsaturated/α-hetero) is 1. The lowest BCUT2D eigenvalue weighted by Crippen LogP contribution is -2.15. The Kier molecular flexibility index (Phi) is 3.66. The summed E-state index contributed by atoms with van der Waals surface area (Å²) in [5.74, 6) is -0.0369. The number of ketones is 1. The Balaban J connectivity index is 3.38. The third kappa shape index (κ3) is 2.59. The fourth-order valence-corrected chi connectivity index (χ4v) is 1.89. The van der Waals surface area contributed by atoms with Crippen LogP contribution in [0.25, 0.3) is 0 Å². The molecule has 1 rings (SSSR count). The fourth-order valence-electron chi connectivity index (χ4n) is 1.25. The Morgan fingerprint density at radius 1 is 1.44 bits per heavy atom. The zero-order valence-electron chi connectivity index (χ0n) is 9.06. The van der Waals surface area contributed by atoms with Crippen LogP contribution in [0.1, 0.15) is 10.4 Å². The first-order chi connectivity index (χ1) is 7.40. The number of carbonyl (C=O) groups is 1. The molecule has 0 aromatic heterocycles. The second-order valence-electron chi connectivity index (χ2n) is 3.26. The van der Waals surface area contributed by atoms with Gasteiger partial charge in [0.15, 0.2) is 15.6 Å². The average molecular weight is 243 g/mol. The van der Waals surface area contributed by atoms with Crippen LogP contribution >= 0.6 is 0 Å². The summed E-state index contributed by atoms with van der Waals surface area (Å²) in [5.41, 5.74) is 5.42. The Hall–Kier alpha value is -1.40. The van der Waals surface area contributed by atoms with E-state index in [4.69, 9.17) is 10.5 Å². The number of rotatable bonds is 4. The molecule has 5 nitrogen and oxygen atoms in total. The van der Waals surface area contributed by atoms with Crippen molar-refractivity contribution in [1.82, 2.24) is 0 Å². The number of benzene rings is 1. The standard InChI is InChI=1S/C10H13NO4S/c1-15-10-4-3-7(16(2,13)14)5-8(10)9(12)6-11/h3-5H,6,11H2,1-2H3. The quantitative estimate of drug-likeness (QED) is 0.765. The smallest absolute Gasteiger partial charge is 0.180 e. The number of nitrogens with two attached hydrogens (primary N) is 1. The predicted octanol–water partition coefficient (Wildman–Crippen LogP) is 0.240. The summed E-state index contributed by atoms with van der Waals surface area (Å²) in [6, 6.07) is 4.12. The molecule has 0 saturated heterocycles. The number of hydrogen-bond donors (Lipinski definition) is 1. The van der Waals surface area contributed by atoms with E-state index in [0.717, 1.165) is 6.26 Å². The molecule has 0 atom stereocenters. The molecule has 2 N–H and O–H groups in total. The largest absolute Gasteiger partial charge is 0.496 e. The molecule has 0 radical (unpaired) electrons. The molecule has 0 heterocycles. The van der Waals surface area contributed by atoms with Gasteiger partial charge in [-0.05, 0) is 18.2 Å². The van der Waals surface area contributed by atoms with E-state index in [-0.39, 0.29) is 22.8 Å². The highest BCUT2D eigenvalue weighted by atomic mass is 32.2. The summed E-state index contributed by atoms with van der Waals surface area (Å²) in [6.07, 6.45) is 1.07. The minimum Gasteiger partial charge on any atom is -0.496 e. The van der Waals surface area contributed by atoms with Crippen LogP contribution in [0.4, 0.5) is 0 Å². The molecule has 0 fully saturated rings. The van der Waals surface area contributed by atoms with Crippen LogP contribution in [0.2, 0.25) is 0 Å². The zero-order valence-corrected chi connectivity index (χ0v) is 9.87. The molecule has 1 aromatic rings. The highest BCUT2D eigenvalue weighted by molar-refractivity contribution is 7.90. The lowest BCUT2D eigenvalue weighted by Gasteiger charge is -2.08. The van der Waals surface area contributed by atoms with Crippen molar-refractivity contribution in [3.8, 4) is 5.75 Å². The molecule has 1 aromatic carbocycles. The second-order valence-corrected chi connectivity index (χ2v) is 5.28. The van der Waals surface area contributed by atoms with Crippen molar-refractivity contribution in [2.24, 2.45) is 5.73 Å². The average Bonchev–Trinajstić information content (AvgIpc) is 2.25. The molecule has 0 saturated carbocycles. The van der Waals surface area contributed by atoms with E-state index in [1.165, 1.54) is 25.3 Å². The molecule has 0 aliphatic heterocycles. The van der Waals surface area contributed by atoms with Crippen LogP contribution < -0.4 is 10.5 Å². The normalized spacial score (nSPS) is 11.2. The lowest BCUT2D eigenvalue weighted by molar-refractivity contribution is 0.0998. The molecule has 0 aliphatic rings. The number of carbonyl (C=O) groups excluding carboxylic acids is 1. The van der Waals surface area contributed by atoms with Crippen molar-refractivity contribution in [2.75, 3.05) is 19.9 Å². The van der Waals surface area contributed by atoms with Crippen molar-refractivity contribution in [3.05, 3.63) is 23.8 Å². The van der Waals surface area contributed by atoms with Gasteiger partial charge >= 0.3 is 0 Å². The summed E-state index contributed by atoms with van der Waals surface area (Å²) in [6.45, 7) is -0.191. The molecule has 0 amide bonds. The molecule has 0 bridgehead atoms. The molecule has 0 unspecified atom stereocenters. The van der Waals surface area contributed by atoms with Gasteiger partial charge in [-0.3, -0.25) is 4.79 Å². The maximum Gasteiger partial charge on any atom is 0.180 e. The molecular weight excluding hydrogens is 230 g/mol. The summed E-state index contributed by atoms with van der Waals surface area (Å²) in [5, 5.41) is 0. The molecule has 88 valence electrons. The van der Waals surface area contributed by atoms with E-state index in [1.807, 2.05) is 0 Å². The monoisotopic (exact) mass is 243 g/mol. The van der Waals surface area contributed by atoms with Gasteiger partial charge in [0.05, 0.1) is 24.1 Å². The summed E-state index contributed by atoms with van der Waals surface area (Å²) in [7, 11) is -1.94. The Morgan fingerprint density at radius 2 is 2.06 bits per heavy atom. The summed E-state index contributed by atoms with van der Waals surface area (Å²) < 4.78 is 27.6. The van der Waals surface area contributed by atoms with Crippen molar-refractivity contribution in [3.63, 3.8) is 0 Å². The Labute approximate surface area is 94.1 Å². The van der Waals surface area contributed by atoms with Gasteiger partial charge in [-0.2, -0.15) is 0 Å². The minimum absolute atomic E-state index is 0.0742. The molecular formula is C10H13NO4S. The molecule has 16 heavy (non-hydrogen) atoms. The van der Waals surface area contributed by atoms with E-state index in [0.29, 0.717) is 5.75 Å². The fraction of sp³-hybridized carbons (Fsp3) is 0.300. The van der Waals surface area contributed by atoms with Gasteiger partial charge in [0, 0.05) is 6.26 Å². The zero-order chi connectivity index (χ0) is 12.3. The number of sulfone groups is 1. The maximum atomic E-state index is 11.5. The highest BCUT2D eigenvalue weighted by Gasteiger charge is 2.15. The van der Waals surface area contributed by atoms with E-state index >= 15 is 0 Å². The first kappa shape index (κ1) is 12.7. The second kappa shape index (κ2) is 4.63. The molecule has 0 aliphatic carbocycles. The van der Waals surface area contributed by atoms with E-state index in [9.17, 15) is 13.2 Å². The topological polar surface area (TPSA) is 86.5 Å². The van der Waals surface area contributed by atoms with E-state index < -0.39 is 9.84 Å². The van der Waals surface area contributed by atoms with Gasteiger partial charge in [-0.15, -0.1) is 0 Å². The van der Waals surface area contributed by atoms with Crippen molar-refractivity contribution in [2.45, 2.75) is 4.90 Å². The molecule has 6 heteroatoms. The van der Waals surface area contributed by atoms with Crippen LogP contribution in [0.5, 0.6) is 5.75 Å². The van der Waals surface area contributed by atoms with Crippen molar-refractivity contribution in [1.29, 1.82) is 0 Å². The van der Waals surface area contributed by atoms with E-state index in [1.54, 1.807) is 0 Å². The first-order valence-electron chi connectivity index (χ1n) is 4.51. The van der Waals surface area contributed by atoms with Crippen LogP contribution in [-0.2, 0) is 9.84 Å². The van der Waals surface area contributed by atoms with Gasteiger partial charge in [-0.25, -0.2) is 8.42 Å². The minimum atomic E-state index is -3.34. The lowest BCUT2D eigenvalue weighted by atomic mass is 10.1. The van der Waals surface area contributed by atoms with Gasteiger partial charge in [0.1, 0.15) is 5.75 Å². The summed E-state index contributed by atoms with van der Waals surface area (Å²) in [4.78, 5) is 11.5. The third-order valence-electron chi connectivity index (χ3n) is 2.08. The van der Waals surface area contributed by atoms with Gasteiger partial charge < -0.3 is 10.5 Å². The molecule has 0 spiro atoms. The van der Waals surface area contributed by atoms with Gasteiger partial charge in [0.25, 0.3) is 0 Å². The predicted molar refractivity (Wildman–Crippen MR) is 59.5 cm³/mol.